The summed E-state index contributed by atoms with van der Waals surface area (Å²) in [4.78, 5) is 0. The average molecular weight is 269 g/mol. The Morgan fingerprint density at radius 2 is 2.11 bits per heavy atom. The molecular weight excluding hydrogens is 238 g/mol. The number of nitrogens with one attached hydrogen (secondary N) is 1. The van der Waals surface area contributed by atoms with Crippen LogP contribution < -0.4 is 5.32 Å². The predicted molar refractivity (Wildman–Crippen MR) is 78.2 cm³/mol. The van der Waals surface area contributed by atoms with Crippen molar-refractivity contribution in [3.05, 3.63) is 0 Å². The lowest BCUT2D eigenvalue weighted by Gasteiger charge is -2.24. The Labute approximate surface area is 118 Å². The first-order valence-corrected chi connectivity index (χ1v) is 8.28. The van der Waals surface area contributed by atoms with Gasteiger partial charge in [-0.25, -0.2) is 0 Å². The van der Waals surface area contributed by atoms with E-state index in [1.807, 2.05) is 0 Å². The quantitative estimate of drug-likeness (QED) is 0.599. The molecule has 0 aromatic heterocycles. The summed E-state index contributed by atoms with van der Waals surface area (Å²) in [7, 11) is 0. The van der Waals surface area contributed by atoms with Gasteiger partial charge in [0.2, 0.25) is 0 Å². The highest BCUT2D eigenvalue weighted by molar-refractivity contribution is 4.94. The van der Waals surface area contributed by atoms with Crippen LogP contribution in [0.1, 0.15) is 58.3 Å². The van der Waals surface area contributed by atoms with E-state index in [0.717, 1.165) is 24.9 Å². The first kappa shape index (κ1) is 15.3. The van der Waals surface area contributed by atoms with Gasteiger partial charge in [0.1, 0.15) is 0 Å². The van der Waals surface area contributed by atoms with Crippen LogP contribution in [-0.4, -0.2) is 37.0 Å². The summed E-state index contributed by atoms with van der Waals surface area (Å²) in [5, 5.41) is 13.4. The Hall–Kier alpha value is -0.120. The number of aliphatic hydroxyl groups excluding tert-OH is 1. The van der Waals surface area contributed by atoms with Crippen molar-refractivity contribution in [2.24, 2.45) is 11.8 Å². The summed E-state index contributed by atoms with van der Waals surface area (Å²) in [6.45, 7) is 4.19. The van der Waals surface area contributed by atoms with Crippen LogP contribution in [0.25, 0.3) is 0 Å². The molecule has 0 heterocycles. The molecule has 2 rings (SSSR count). The maximum absolute atomic E-state index is 9.89. The molecule has 0 saturated heterocycles. The first-order chi connectivity index (χ1) is 9.29. The summed E-state index contributed by atoms with van der Waals surface area (Å²) in [6, 6.07) is 0.665. The molecule has 3 nitrogen and oxygen atoms in total. The van der Waals surface area contributed by atoms with Gasteiger partial charge in [0.25, 0.3) is 0 Å². The van der Waals surface area contributed by atoms with E-state index in [4.69, 9.17) is 4.74 Å². The minimum absolute atomic E-state index is 0.342. The minimum Gasteiger partial charge on any atom is -0.389 e. The second-order valence-electron chi connectivity index (χ2n) is 6.48. The van der Waals surface area contributed by atoms with Crippen LogP contribution in [0.4, 0.5) is 0 Å². The summed E-state index contributed by atoms with van der Waals surface area (Å²) < 4.78 is 5.53. The van der Waals surface area contributed by atoms with Gasteiger partial charge in [0, 0.05) is 19.2 Å². The third kappa shape index (κ3) is 5.05. The fourth-order valence-electron chi connectivity index (χ4n) is 3.69. The van der Waals surface area contributed by atoms with Crippen molar-refractivity contribution >= 4 is 0 Å². The molecule has 0 radical (unpaired) electrons. The highest BCUT2D eigenvalue weighted by atomic mass is 16.5. The Kier molecular flexibility index (Phi) is 6.62. The van der Waals surface area contributed by atoms with Crippen molar-refractivity contribution in [2.45, 2.75) is 70.4 Å². The second-order valence-corrected chi connectivity index (χ2v) is 6.48. The molecule has 0 spiro atoms. The number of ether oxygens (including phenoxy) is 1. The molecule has 0 aromatic carbocycles. The molecule has 0 aromatic rings. The van der Waals surface area contributed by atoms with Gasteiger partial charge in [-0.15, -0.1) is 0 Å². The van der Waals surface area contributed by atoms with Crippen molar-refractivity contribution < 1.29 is 9.84 Å². The van der Waals surface area contributed by atoms with E-state index in [-0.39, 0.29) is 6.10 Å². The fourth-order valence-corrected chi connectivity index (χ4v) is 3.69. The Morgan fingerprint density at radius 1 is 1.21 bits per heavy atom. The van der Waals surface area contributed by atoms with E-state index in [1.54, 1.807) is 0 Å². The van der Waals surface area contributed by atoms with E-state index >= 15 is 0 Å². The minimum atomic E-state index is -0.342. The van der Waals surface area contributed by atoms with Crippen LogP contribution in [-0.2, 0) is 4.74 Å². The van der Waals surface area contributed by atoms with Crippen LogP contribution in [0.3, 0.4) is 0 Å². The van der Waals surface area contributed by atoms with E-state index in [2.05, 4.69) is 12.2 Å². The standard InChI is InChI=1S/C16H31NO2/c1-2-3-4-5-8-19-12-15(18)11-17-16-10-13-6-7-14(16)9-13/h13-18H,2-12H2,1H3. The second kappa shape index (κ2) is 8.23. The lowest BCUT2D eigenvalue weighted by molar-refractivity contribution is 0.0331. The van der Waals surface area contributed by atoms with Gasteiger partial charge in [0.05, 0.1) is 12.7 Å². The average Bonchev–Trinajstić information content (AvgIpc) is 3.02. The van der Waals surface area contributed by atoms with Gasteiger partial charge in [-0.1, -0.05) is 32.6 Å². The first-order valence-electron chi connectivity index (χ1n) is 8.28. The van der Waals surface area contributed by atoms with E-state index < -0.39 is 0 Å². The third-order valence-corrected chi connectivity index (χ3v) is 4.81. The number of unbranched alkanes of at least 4 members (excludes halogenated alkanes) is 3. The fraction of sp³-hybridized carbons (Fsp3) is 1.00. The molecule has 0 aliphatic heterocycles. The van der Waals surface area contributed by atoms with Crippen molar-refractivity contribution in [3.8, 4) is 0 Å². The largest absolute Gasteiger partial charge is 0.389 e. The maximum Gasteiger partial charge on any atom is 0.0897 e. The molecule has 2 aliphatic rings. The van der Waals surface area contributed by atoms with E-state index in [9.17, 15) is 5.11 Å². The molecule has 19 heavy (non-hydrogen) atoms. The normalized spacial score (nSPS) is 30.9. The summed E-state index contributed by atoms with van der Waals surface area (Å²) in [6.07, 6.45) is 10.2. The molecule has 0 amide bonds. The van der Waals surface area contributed by atoms with Gasteiger partial charge in [-0.3, -0.25) is 0 Å². The van der Waals surface area contributed by atoms with Crippen LogP contribution in [0, 0.1) is 11.8 Å². The zero-order valence-electron chi connectivity index (χ0n) is 12.4. The van der Waals surface area contributed by atoms with Gasteiger partial charge >= 0.3 is 0 Å². The highest BCUT2D eigenvalue weighted by Crippen LogP contribution is 2.44. The molecule has 2 saturated carbocycles. The van der Waals surface area contributed by atoms with Gasteiger partial charge in [-0.05, 0) is 37.5 Å². The monoisotopic (exact) mass is 269 g/mol. The Balaban J connectivity index is 1.45. The van der Waals surface area contributed by atoms with Gasteiger partial charge < -0.3 is 15.2 Å². The number of fused-ring (bicyclic) bond motifs is 2. The predicted octanol–water partition coefficient (Wildman–Crippen LogP) is 2.72. The Bertz CT molecular complexity index is 247. The number of aliphatic hydroxyl groups is 1. The van der Waals surface area contributed by atoms with Gasteiger partial charge in [0.15, 0.2) is 0 Å². The van der Waals surface area contributed by atoms with E-state index in [1.165, 1.54) is 44.9 Å². The van der Waals surface area contributed by atoms with Gasteiger partial charge in [-0.2, -0.15) is 0 Å². The lowest BCUT2D eigenvalue weighted by Crippen LogP contribution is -2.40. The number of hydrogen-bond donors (Lipinski definition) is 2. The molecule has 112 valence electrons. The Morgan fingerprint density at radius 3 is 2.79 bits per heavy atom. The number of rotatable bonds is 10. The zero-order chi connectivity index (χ0) is 13.5. The smallest absolute Gasteiger partial charge is 0.0897 e. The molecule has 4 atom stereocenters. The summed E-state index contributed by atoms with van der Waals surface area (Å²) in [5.74, 6) is 1.85. The van der Waals surface area contributed by atoms with Crippen LogP contribution in [0.15, 0.2) is 0 Å². The third-order valence-electron chi connectivity index (χ3n) is 4.81. The van der Waals surface area contributed by atoms with Crippen molar-refractivity contribution in [3.63, 3.8) is 0 Å². The zero-order valence-corrected chi connectivity index (χ0v) is 12.4. The van der Waals surface area contributed by atoms with Crippen molar-refractivity contribution in [2.75, 3.05) is 19.8 Å². The lowest BCUT2D eigenvalue weighted by atomic mass is 9.95. The summed E-state index contributed by atoms with van der Waals surface area (Å²) in [5.41, 5.74) is 0. The SMILES string of the molecule is CCCCCCOCC(O)CNC1CC2CCC1C2. The molecular formula is C16H31NO2. The van der Waals surface area contributed by atoms with Crippen LogP contribution in [0.2, 0.25) is 0 Å². The highest BCUT2D eigenvalue weighted by Gasteiger charge is 2.39. The topological polar surface area (TPSA) is 41.5 Å². The van der Waals surface area contributed by atoms with Crippen molar-refractivity contribution in [1.29, 1.82) is 0 Å². The van der Waals surface area contributed by atoms with Crippen LogP contribution in [0.5, 0.6) is 0 Å². The van der Waals surface area contributed by atoms with Crippen LogP contribution >= 0.6 is 0 Å². The molecule has 4 unspecified atom stereocenters. The van der Waals surface area contributed by atoms with Crippen molar-refractivity contribution in [1.82, 2.24) is 5.32 Å². The number of hydrogen-bond acceptors (Lipinski definition) is 3. The molecule has 2 fully saturated rings. The molecule has 3 heteroatoms. The van der Waals surface area contributed by atoms with E-state index in [0.29, 0.717) is 19.2 Å². The maximum atomic E-state index is 9.89. The molecule has 2 bridgehead atoms. The summed E-state index contributed by atoms with van der Waals surface area (Å²) >= 11 is 0. The molecule has 2 aliphatic carbocycles. The molecule has 2 N–H and O–H groups in total.